The quantitative estimate of drug-likeness (QED) is 0.383. The molecule has 0 unspecified atom stereocenters. The zero-order chi connectivity index (χ0) is 25.4. The van der Waals surface area contributed by atoms with Gasteiger partial charge in [0.25, 0.3) is 0 Å². The maximum Gasteiger partial charge on any atom is 0.0363 e. The normalized spacial score (nSPS) is 13.2. The van der Waals surface area contributed by atoms with Crippen LogP contribution in [0.4, 0.5) is 0 Å². The van der Waals surface area contributed by atoms with Gasteiger partial charge in [-0.1, -0.05) is 108 Å². The average Bonchev–Trinajstić information content (AvgIpc) is 2.83. The number of rotatable bonds is 6. The molecule has 0 N–H and O–H groups in total. The lowest BCUT2D eigenvalue weighted by molar-refractivity contribution is 0.291. The number of hydrogen-bond acceptors (Lipinski definition) is 3. The van der Waals surface area contributed by atoms with Gasteiger partial charge in [-0.2, -0.15) is 11.8 Å². The van der Waals surface area contributed by atoms with Gasteiger partial charge in [0.1, 0.15) is 0 Å². The minimum Gasteiger partial charge on any atom is -0.297 e. The Balaban J connectivity index is -0.000000424. The first-order valence-electron chi connectivity index (χ1n) is 12.0. The molecule has 1 aromatic carbocycles. The van der Waals surface area contributed by atoms with E-state index >= 15 is 0 Å². The van der Waals surface area contributed by atoms with Crippen molar-refractivity contribution in [3.63, 3.8) is 0 Å². The van der Waals surface area contributed by atoms with Crippen molar-refractivity contribution in [3.8, 4) is 0 Å². The van der Waals surface area contributed by atoms with Crippen molar-refractivity contribution in [2.45, 2.75) is 68.4 Å². The van der Waals surface area contributed by atoms with E-state index in [1.54, 1.807) is 0 Å². The number of aryl methyl sites for hydroxylation is 1. The smallest absolute Gasteiger partial charge is 0.0363 e. The molecule has 186 valence electrons. The summed E-state index contributed by atoms with van der Waals surface area (Å²) in [4.78, 5) is 2.38. The zero-order valence-electron chi connectivity index (χ0n) is 22.5. The summed E-state index contributed by atoms with van der Waals surface area (Å²) in [7, 11) is -0.564. The summed E-state index contributed by atoms with van der Waals surface area (Å²) in [6.45, 7) is 26.8. The second kappa shape index (κ2) is 26.2. The van der Waals surface area contributed by atoms with Gasteiger partial charge in [0.2, 0.25) is 0 Å². The largest absolute Gasteiger partial charge is 0.297 e. The van der Waals surface area contributed by atoms with Crippen LogP contribution in [-0.2, 0) is 17.3 Å². The van der Waals surface area contributed by atoms with Gasteiger partial charge in [-0.25, -0.2) is 0 Å². The summed E-state index contributed by atoms with van der Waals surface area (Å²) in [5.74, 6) is 2.91. The van der Waals surface area contributed by atoms with Gasteiger partial charge >= 0.3 is 0 Å². The molecule has 0 aliphatic carbocycles. The van der Waals surface area contributed by atoms with Gasteiger partial charge in [-0.05, 0) is 37.8 Å². The van der Waals surface area contributed by atoms with E-state index in [-0.39, 0.29) is 0 Å². The van der Waals surface area contributed by atoms with E-state index in [0.29, 0.717) is 0 Å². The molecule has 4 heteroatoms. The molecular formula is C28H51NOS2. The molecular weight excluding hydrogens is 430 g/mol. The highest BCUT2D eigenvalue weighted by Crippen LogP contribution is 2.09. The Hall–Kier alpha value is -1.10. The van der Waals surface area contributed by atoms with Crippen LogP contribution in [0.3, 0.4) is 0 Å². The Labute approximate surface area is 208 Å². The molecule has 1 fully saturated rings. The van der Waals surface area contributed by atoms with E-state index in [1.165, 1.54) is 16.9 Å². The van der Waals surface area contributed by atoms with Crippen LogP contribution < -0.4 is 0 Å². The van der Waals surface area contributed by atoms with Crippen LogP contribution in [0, 0.1) is 6.92 Å². The lowest BCUT2D eigenvalue weighted by Gasteiger charge is -2.26. The number of thioether (sulfide) groups is 1. The van der Waals surface area contributed by atoms with E-state index in [9.17, 15) is 4.21 Å². The van der Waals surface area contributed by atoms with E-state index < -0.39 is 10.8 Å². The van der Waals surface area contributed by atoms with E-state index in [0.717, 1.165) is 48.7 Å². The summed E-state index contributed by atoms with van der Waals surface area (Å²) in [6, 6.07) is 8.66. The molecule has 1 aromatic rings. The molecule has 0 aromatic heterocycles. The second-order valence-corrected chi connectivity index (χ2v) is 9.73. The van der Waals surface area contributed by atoms with Crippen molar-refractivity contribution in [1.82, 2.24) is 4.90 Å². The lowest BCUT2D eigenvalue weighted by Crippen LogP contribution is -2.37. The number of nitrogens with zero attached hydrogens (tertiary/aromatic N) is 1. The maximum atomic E-state index is 11.2. The molecule has 0 radical (unpaired) electrons. The van der Waals surface area contributed by atoms with Gasteiger partial charge in [-0.3, -0.25) is 9.11 Å². The molecule has 0 bridgehead atoms. The third kappa shape index (κ3) is 23.6. The van der Waals surface area contributed by atoms with Crippen LogP contribution in [0.25, 0.3) is 0 Å². The third-order valence-corrected chi connectivity index (χ3v) is 6.00. The zero-order valence-corrected chi connectivity index (χ0v) is 24.1. The highest BCUT2D eigenvalue weighted by atomic mass is 32.2. The van der Waals surface area contributed by atoms with Gasteiger partial charge in [-0.15, -0.1) is 0 Å². The van der Waals surface area contributed by atoms with Gasteiger partial charge in [0, 0.05) is 41.9 Å². The Morgan fingerprint density at radius 2 is 1.50 bits per heavy atom. The van der Waals surface area contributed by atoms with Crippen LogP contribution in [0.15, 0.2) is 60.7 Å². The topological polar surface area (TPSA) is 20.3 Å². The van der Waals surface area contributed by atoms with Gasteiger partial charge in [0.05, 0.1) is 0 Å². The standard InChI is InChI=1S/C12H17NOS.C9H14.C3H8S.2C2H6/c1-11-2-4-12(5-3-11)10-13-6-8-15(14)9-7-13;1-5-9(4)7-6-8(2)3;1-3-4-2;2*1-2/h2-5H,6-10H2,1H3;6-7H,2,4-5H2,1,3H3;3H2,1-2H3;2*1-2H3/b;7-6-;;;. The maximum absolute atomic E-state index is 11.2. The Kier molecular flexibility index (Phi) is 29.0. The summed E-state index contributed by atoms with van der Waals surface area (Å²) < 4.78 is 11.2. The molecule has 0 saturated carbocycles. The first-order chi connectivity index (χ1) is 15.3. The lowest BCUT2D eigenvalue weighted by atomic mass is 10.1. The Bertz CT molecular complexity index is 609. The van der Waals surface area contributed by atoms with Crippen molar-refractivity contribution < 1.29 is 4.21 Å². The monoisotopic (exact) mass is 481 g/mol. The van der Waals surface area contributed by atoms with Crippen molar-refractivity contribution >= 4 is 22.6 Å². The Morgan fingerprint density at radius 1 is 1.03 bits per heavy atom. The first kappa shape index (κ1) is 35.5. The predicted octanol–water partition coefficient (Wildman–Crippen LogP) is 8.07. The number of benzene rings is 1. The predicted molar refractivity (Wildman–Crippen MR) is 154 cm³/mol. The van der Waals surface area contributed by atoms with Crippen molar-refractivity contribution in [1.29, 1.82) is 0 Å². The summed E-state index contributed by atoms with van der Waals surface area (Å²) in [6.07, 6.45) is 7.10. The van der Waals surface area contributed by atoms with Crippen LogP contribution >= 0.6 is 11.8 Å². The fraction of sp³-hybridized carbons (Fsp3) is 0.571. The molecule has 2 nitrogen and oxygen atoms in total. The SMILES string of the molecule is C=C(C)/C=C\C(=C)CC.CC.CC.CCSC.Cc1ccc(CN2CCS(=O)CC2)cc1. The molecule has 1 aliphatic heterocycles. The average molecular weight is 482 g/mol. The third-order valence-electron chi connectivity index (χ3n) is 4.14. The molecule has 32 heavy (non-hydrogen) atoms. The molecule has 0 spiro atoms. The summed E-state index contributed by atoms with van der Waals surface area (Å²) >= 11 is 1.86. The van der Waals surface area contributed by atoms with Gasteiger partial charge < -0.3 is 0 Å². The molecule has 2 rings (SSSR count). The second-order valence-electron chi connectivity index (χ2n) is 6.88. The van der Waals surface area contributed by atoms with Crippen molar-refractivity contribution in [2.75, 3.05) is 36.6 Å². The minimum atomic E-state index is -0.564. The molecule has 0 amide bonds. The molecule has 1 heterocycles. The summed E-state index contributed by atoms with van der Waals surface area (Å²) in [5.41, 5.74) is 4.88. The molecule has 1 saturated heterocycles. The van der Waals surface area contributed by atoms with Crippen molar-refractivity contribution in [3.05, 3.63) is 71.8 Å². The van der Waals surface area contributed by atoms with E-state index in [2.05, 4.69) is 69.4 Å². The number of allylic oxidation sites excluding steroid dienone is 4. The van der Waals surface area contributed by atoms with Crippen LogP contribution in [0.1, 0.15) is 66.0 Å². The van der Waals surface area contributed by atoms with Crippen LogP contribution in [0.5, 0.6) is 0 Å². The van der Waals surface area contributed by atoms with Gasteiger partial charge in [0.15, 0.2) is 0 Å². The van der Waals surface area contributed by atoms with E-state index in [1.807, 2.05) is 58.5 Å². The highest BCUT2D eigenvalue weighted by Gasteiger charge is 2.14. The van der Waals surface area contributed by atoms with Crippen LogP contribution in [0.2, 0.25) is 0 Å². The highest BCUT2D eigenvalue weighted by molar-refractivity contribution is 7.98. The fourth-order valence-electron chi connectivity index (χ4n) is 2.16. The minimum absolute atomic E-state index is 0.564. The Morgan fingerprint density at radius 3 is 1.88 bits per heavy atom. The summed E-state index contributed by atoms with van der Waals surface area (Å²) in [5, 5.41) is 0. The molecule has 1 aliphatic rings. The van der Waals surface area contributed by atoms with Crippen LogP contribution in [-0.4, -0.2) is 45.7 Å². The fourth-order valence-corrected chi connectivity index (χ4v) is 3.29. The van der Waals surface area contributed by atoms with Crippen molar-refractivity contribution in [2.24, 2.45) is 0 Å². The first-order valence-corrected chi connectivity index (χ1v) is 14.8. The molecule has 0 atom stereocenters. The van der Waals surface area contributed by atoms with E-state index in [4.69, 9.17) is 0 Å². The number of hydrogen-bond donors (Lipinski definition) is 0.